The fourth-order valence-corrected chi connectivity index (χ4v) is 3.91. The van der Waals surface area contributed by atoms with Crippen LogP contribution in [-0.2, 0) is 11.3 Å². The SMILES string of the molecule is CC(=O)NCC1=C(N2Cc3ccccc3C2=O)c2cc(C#N)ccc2OC1(C)C. The van der Waals surface area contributed by atoms with E-state index in [9.17, 15) is 14.9 Å². The molecular weight excluding hydrogens is 366 g/mol. The molecule has 0 spiro atoms. The first-order chi connectivity index (χ1) is 13.8. The molecule has 2 aliphatic heterocycles. The monoisotopic (exact) mass is 387 g/mol. The Kier molecular flexibility index (Phi) is 4.39. The second-order valence-electron chi connectivity index (χ2n) is 7.72. The van der Waals surface area contributed by atoms with Crippen molar-refractivity contribution < 1.29 is 14.3 Å². The Labute approximate surface area is 169 Å². The van der Waals surface area contributed by atoms with E-state index >= 15 is 0 Å². The highest BCUT2D eigenvalue weighted by atomic mass is 16.5. The number of hydrogen-bond acceptors (Lipinski definition) is 4. The largest absolute Gasteiger partial charge is 0.483 e. The minimum absolute atomic E-state index is 0.0954. The second-order valence-corrected chi connectivity index (χ2v) is 7.72. The molecule has 2 aliphatic rings. The molecule has 2 amide bonds. The van der Waals surface area contributed by atoms with Crippen molar-refractivity contribution in [2.24, 2.45) is 0 Å². The maximum atomic E-state index is 13.3. The van der Waals surface area contributed by atoms with Crippen LogP contribution in [-0.4, -0.2) is 28.9 Å². The molecule has 0 radical (unpaired) electrons. The molecule has 0 saturated heterocycles. The van der Waals surface area contributed by atoms with Gasteiger partial charge in [-0.15, -0.1) is 0 Å². The van der Waals surface area contributed by atoms with Gasteiger partial charge in [0.05, 0.1) is 23.9 Å². The van der Waals surface area contributed by atoms with Crippen molar-refractivity contribution in [1.29, 1.82) is 5.26 Å². The maximum Gasteiger partial charge on any atom is 0.258 e. The van der Waals surface area contributed by atoms with Crippen LogP contribution in [0.25, 0.3) is 5.70 Å². The molecule has 146 valence electrons. The summed E-state index contributed by atoms with van der Waals surface area (Å²) >= 11 is 0. The molecule has 0 unspecified atom stereocenters. The highest BCUT2D eigenvalue weighted by Crippen LogP contribution is 2.44. The van der Waals surface area contributed by atoms with Crippen molar-refractivity contribution >= 4 is 17.5 Å². The molecule has 1 N–H and O–H groups in total. The molecule has 0 aromatic heterocycles. The molecule has 2 heterocycles. The van der Waals surface area contributed by atoms with Crippen LogP contribution in [0.1, 0.15) is 47.8 Å². The van der Waals surface area contributed by atoms with Crippen LogP contribution in [0, 0.1) is 11.3 Å². The number of fused-ring (bicyclic) bond motifs is 2. The fraction of sp³-hybridized carbons (Fsp3) is 0.261. The lowest BCUT2D eigenvalue weighted by Crippen LogP contribution is -2.43. The molecule has 4 rings (SSSR count). The van der Waals surface area contributed by atoms with Crippen LogP contribution < -0.4 is 10.1 Å². The van der Waals surface area contributed by atoms with Gasteiger partial charge in [0.1, 0.15) is 11.4 Å². The number of nitrogens with zero attached hydrogens (tertiary/aromatic N) is 2. The average molecular weight is 387 g/mol. The molecular formula is C23H21N3O3. The summed E-state index contributed by atoms with van der Waals surface area (Å²) in [5.74, 6) is 0.349. The molecule has 0 fully saturated rings. The lowest BCUT2D eigenvalue weighted by atomic mass is 9.88. The number of carbonyl (C=O) groups is 2. The Hall–Kier alpha value is -3.59. The van der Waals surface area contributed by atoms with Crippen molar-refractivity contribution in [3.63, 3.8) is 0 Å². The zero-order valence-corrected chi connectivity index (χ0v) is 16.6. The van der Waals surface area contributed by atoms with Crippen molar-refractivity contribution in [3.05, 3.63) is 70.3 Å². The molecule has 6 nitrogen and oxygen atoms in total. The Bertz CT molecular complexity index is 1110. The first kappa shape index (κ1) is 18.8. The fourth-order valence-electron chi connectivity index (χ4n) is 3.91. The lowest BCUT2D eigenvalue weighted by molar-refractivity contribution is -0.118. The van der Waals surface area contributed by atoms with Crippen molar-refractivity contribution in [2.45, 2.75) is 32.9 Å². The first-order valence-corrected chi connectivity index (χ1v) is 9.43. The zero-order chi connectivity index (χ0) is 20.8. The van der Waals surface area contributed by atoms with Crippen LogP contribution in [0.5, 0.6) is 5.75 Å². The van der Waals surface area contributed by atoms with Crippen LogP contribution in [0.15, 0.2) is 48.0 Å². The summed E-state index contributed by atoms with van der Waals surface area (Å²) in [5.41, 5.74) is 3.53. The van der Waals surface area contributed by atoms with E-state index in [4.69, 9.17) is 4.74 Å². The van der Waals surface area contributed by atoms with Crippen molar-refractivity contribution in [3.8, 4) is 11.8 Å². The number of rotatable bonds is 3. The molecule has 0 aliphatic carbocycles. The number of nitriles is 1. The van der Waals surface area contributed by atoms with Gasteiger partial charge in [0.25, 0.3) is 5.91 Å². The smallest absolute Gasteiger partial charge is 0.258 e. The average Bonchev–Trinajstić information content (AvgIpc) is 3.01. The topological polar surface area (TPSA) is 82.4 Å². The number of amides is 2. The number of nitrogens with one attached hydrogen (secondary N) is 1. The van der Waals surface area contributed by atoms with Crippen LogP contribution in [0.3, 0.4) is 0 Å². The van der Waals surface area contributed by atoms with Gasteiger partial charge >= 0.3 is 0 Å². The molecule has 29 heavy (non-hydrogen) atoms. The van der Waals surface area contributed by atoms with Crippen molar-refractivity contribution in [1.82, 2.24) is 10.2 Å². The minimum Gasteiger partial charge on any atom is -0.483 e. The van der Waals surface area contributed by atoms with E-state index in [1.165, 1.54) is 6.92 Å². The molecule has 0 bridgehead atoms. The van der Waals surface area contributed by atoms with Crippen molar-refractivity contribution in [2.75, 3.05) is 6.54 Å². The van der Waals surface area contributed by atoms with Gasteiger partial charge in [-0.1, -0.05) is 18.2 Å². The molecule has 0 atom stereocenters. The zero-order valence-electron chi connectivity index (χ0n) is 16.6. The quantitative estimate of drug-likeness (QED) is 0.877. The Balaban J connectivity index is 1.93. The normalized spacial score (nSPS) is 16.6. The van der Waals surface area contributed by atoms with Gasteiger partial charge in [0.15, 0.2) is 0 Å². The van der Waals surface area contributed by atoms with E-state index in [0.717, 1.165) is 11.1 Å². The minimum atomic E-state index is -0.742. The Morgan fingerprint density at radius 1 is 1.24 bits per heavy atom. The summed E-state index contributed by atoms with van der Waals surface area (Å²) in [7, 11) is 0. The van der Waals surface area contributed by atoms with Crippen LogP contribution in [0.2, 0.25) is 0 Å². The maximum absolute atomic E-state index is 13.3. The van der Waals surface area contributed by atoms with E-state index in [2.05, 4.69) is 11.4 Å². The summed E-state index contributed by atoms with van der Waals surface area (Å²) in [6.07, 6.45) is 0. The number of benzene rings is 2. The second kappa shape index (κ2) is 6.78. The predicted octanol–water partition coefficient (Wildman–Crippen LogP) is 3.23. The van der Waals surface area contributed by atoms with E-state index in [0.29, 0.717) is 34.7 Å². The van der Waals surface area contributed by atoms with Gasteiger partial charge in [-0.05, 0) is 43.7 Å². The summed E-state index contributed by atoms with van der Waals surface area (Å²) < 4.78 is 6.21. The third-order valence-corrected chi connectivity index (χ3v) is 5.35. The van der Waals surface area contributed by atoms with Gasteiger partial charge in [-0.25, -0.2) is 0 Å². The van der Waals surface area contributed by atoms with E-state index in [-0.39, 0.29) is 18.4 Å². The van der Waals surface area contributed by atoms with Gasteiger partial charge in [0, 0.05) is 30.2 Å². The first-order valence-electron chi connectivity index (χ1n) is 9.43. The van der Waals surface area contributed by atoms with Gasteiger partial charge in [-0.3, -0.25) is 9.59 Å². The predicted molar refractivity (Wildman–Crippen MR) is 108 cm³/mol. The summed E-state index contributed by atoms with van der Waals surface area (Å²) in [4.78, 5) is 26.6. The van der Waals surface area contributed by atoms with Gasteiger partial charge < -0.3 is 15.0 Å². The highest BCUT2D eigenvalue weighted by Gasteiger charge is 2.41. The van der Waals surface area contributed by atoms with E-state index < -0.39 is 5.60 Å². The third-order valence-electron chi connectivity index (χ3n) is 5.35. The van der Waals surface area contributed by atoms with Gasteiger partial charge in [-0.2, -0.15) is 5.26 Å². The molecule has 6 heteroatoms. The standard InChI is InChI=1S/C23H21N3O3/c1-14(27)25-12-19-21(26-13-16-6-4-5-7-17(16)22(26)28)18-10-15(11-24)8-9-20(18)29-23(19,2)3/h4-10H,12-13H2,1-3H3,(H,25,27). The number of ether oxygens (including phenoxy) is 1. The Morgan fingerprint density at radius 2 is 2.00 bits per heavy atom. The number of carbonyl (C=O) groups excluding carboxylic acids is 2. The van der Waals surface area contributed by atoms with Crippen LogP contribution >= 0.6 is 0 Å². The molecule has 0 saturated carbocycles. The van der Waals surface area contributed by atoms with Gasteiger partial charge in [0.2, 0.25) is 5.91 Å². The van der Waals surface area contributed by atoms with E-state index in [1.54, 1.807) is 23.1 Å². The lowest BCUT2D eigenvalue weighted by Gasteiger charge is -2.39. The van der Waals surface area contributed by atoms with E-state index in [1.807, 2.05) is 38.1 Å². The summed E-state index contributed by atoms with van der Waals surface area (Å²) in [6.45, 7) is 5.96. The number of hydrogen-bond donors (Lipinski definition) is 1. The summed E-state index contributed by atoms with van der Waals surface area (Å²) in [5, 5.41) is 12.2. The third kappa shape index (κ3) is 3.15. The highest BCUT2D eigenvalue weighted by molar-refractivity contribution is 6.04. The Morgan fingerprint density at radius 3 is 2.69 bits per heavy atom. The summed E-state index contributed by atoms with van der Waals surface area (Å²) in [6, 6.07) is 14.9. The molecule has 2 aromatic rings. The van der Waals surface area contributed by atoms with Crippen LogP contribution in [0.4, 0.5) is 0 Å². The molecule has 2 aromatic carbocycles.